The summed E-state index contributed by atoms with van der Waals surface area (Å²) in [5.41, 5.74) is 1.13. The maximum atomic E-state index is 13.5. The van der Waals surface area contributed by atoms with Crippen LogP contribution in [0.15, 0.2) is 41.5 Å². The van der Waals surface area contributed by atoms with Gasteiger partial charge in [0.1, 0.15) is 11.4 Å². The van der Waals surface area contributed by atoms with E-state index in [2.05, 4.69) is 15.6 Å². The van der Waals surface area contributed by atoms with Gasteiger partial charge >= 0.3 is 0 Å². The summed E-state index contributed by atoms with van der Waals surface area (Å²) in [7, 11) is 0. The van der Waals surface area contributed by atoms with Crippen LogP contribution in [-0.2, 0) is 0 Å². The summed E-state index contributed by atoms with van der Waals surface area (Å²) in [6, 6.07) is 9.70. The number of likely N-dealkylation sites (tertiary alicyclic amines) is 1. The van der Waals surface area contributed by atoms with E-state index in [0.717, 1.165) is 43.0 Å². The van der Waals surface area contributed by atoms with Crippen molar-refractivity contribution in [2.45, 2.75) is 50.1 Å². The molecule has 2 aromatic rings. The molecule has 0 unspecified atom stereocenters. The van der Waals surface area contributed by atoms with Crippen molar-refractivity contribution in [1.82, 2.24) is 9.88 Å². The highest BCUT2D eigenvalue weighted by molar-refractivity contribution is 6.09. The van der Waals surface area contributed by atoms with Gasteiger partial charge in [0.05, 0.1) is 18.3 Å². The summed E-state index contributed by atoms with van der Waals surface area (Å²) >= 11 is 0. The lowest BCUT2D eigenvalue weighted by Gasteiger charge is -2.47. The predicted molar refractivity (Wildman–Crippen MR) is 122 cm³/mol. The Balaban J connectivity index is 1.32. The van der Waals surface area contributed by atoms with Crippen molar-refractivity contribution in [2.75, 3.05) is 30.5 Å². The number of nitrogens with zero attached hydrogens (tertiary/aromatic N) is 3. The number of aromatic nitrogens is 1. The minimum absolute atomic E-state index is 0.00127. The van der Waals surface area contributed by atoms with E-state index in [1.165, 1.54) is 12.8 Å². The number of rotatable bonds is 2. The molecule has 6 rings (SSSR count). The number of hydrogen-bond acceptors (Lipinski definition) is 6. The molecule has 1 aromatic heterocycles. The number of carbonyl (C=O) groups is 1. The fraction of sp³-hybridized carbons (Fsp3) is 0.458. The van der Waals surface area contributed by atoms with Crippen LogP contribution in [0.5, 0.6) is 11.5 Å². The van der Waals surface area contributed by atoms with Gasteiger partial charge in [0.15, 0.2) is 17.3 Å². The van der Waals surface area contributed by atoms with E-state index in [-0.39, 0.29) is 12.7 Å². The molecule has 3 aliphatic heterocycles. The maximum absolute atomic E-state index is 13.5. The average molecular weight is 434 g/mol. The Morgan fingerprint density at radius 1 is 1.16 bits per heavy atom. The molecule has 1 aromatic carbocycles. The monoisotopic (exact) mass is 433 g/mol. The van der Waals surface area contributed by atoms with Gasteiger partial charge in [-0.3, -0.25) is 9.79 Å². The summed E-state index contributed by atoms with van der Waals surface area (Å²) < 4.78 is 10.9. The Kier molecular flexibility index (Phi) is 4.66. The molecule has 166 valence electrons. The van der Waals surface area contributed by atoms with Crippen LogP contribution in [-0.4, -0.2) is 53.1 Å². The minimum atomic E-state index is -0.442. The highest BCUT2D eigenvalue weighted by Crippen LogP contribution is 2.37. The second kappa shape index (κ2) is 7.69. The molecule has 1 amide bonds. The zero-order chi connectivity index (χ0) is 21.5. The summed E-state index contributed by atoms with van der Waals surface area (Å²) in [4.78, 5) is 25.0. The number of pyridine rings is 1. The molecule has 8 heteroatoms. The molecule has 1 aliphatic carbocycles. The van der Waals surface area contributed by atoms with Gasteiger partial charge in [0, 0.05) is 18.3 Å². The summed E-state index contributed by atoms with van der Waals surface area (Å²) in [6.45, 7) is 1.46. The third-order valence-corrected chi connectivity index (χ3v) is 6.91. The number of amidine groups is 1. The van der Waals surface area contributed by atoms with Crippen molar-refractivity contribution in [3.8, 4) is 11.5 Å². The van der Waals surface area contributed by atoms with Crippen LogP contribution in [0, 0.1) is 0 Å². The van der Waals surface area contributed by atoms with Gasteiger partial charge in [-0.25, -0.2) is 4.98 Å². The molecule has 4 heterocycles. The van der Waals surface area contributed by atoms with Crippen LogP contribution in [0.2, 0.25) is 0 Å². The van der Waals surface area contributed by atoms with Crippen LogP contribution in [0.4, 0.5) is 11.5 Å². The van der Waals surface area contributed by atoms with E-state index >= 15 is 0 Å². The molecule has 2 fully saturated rings. The lowest BCUT2D eigenvalue weighted by Crippen LogP contribution is -2.62. The van der Waals surface area contributed by atoms with Crippen molar-refractivity contribution in [3.63, 3.8) is 0 Å². The number of anilines is 2. The van der Waals surface area contributed by atoms with E-state index in [4.69, 9.17) is 14.5 Å². The number of fused-ring (bicyclic) bond motifs is 2. The molecular formula is C24H27N5O3. The number of benzene rings is 1. The Hall–Kier alpha value is -3.29. The molecule has 1 saturated carbocycles. The molecule has 4 aliphatic rings. The zero-order valence-electron chi connectivity index (χ0n) is 18.0. The number of nitrogens with one attached hydrogen (secondary N) is 2. The zero-order valence-corrected chi connectivity index (χ0v) is 18.0. The van der Waals surface area contributed by atoms with Gasteiger partial charge < -0.3 is 25.0 Å². The smallest absolute Gasteiger partial charge is 0.254 e. The van der Waals surface area contributed by atoms with Crippen molar-refractivity contribution in [3.05, 3.63) is 42.1 Å². The predicted octanol–water partition coefficient (Wildman–Crippen LogP) is 3.66. The van der Waals surface area contributed by atoms with E-state index in [1.54, 1.807) is 12.3 Å². The summed E-state index contributed by atoms with van der Waals surface area (Å²) in [5.74, 6) is 3.03. The molecule has 1 spiro atoms. The number of amides is 1. The van der Waals surface area contributed by atoms with Crippen LogP contribution in [0.1, 0.15) is 48.9 Å². The molecule has 32 heavy (non-hydrogen) atoms. The fourth-order valence-electron chi connectivity index (χ4n) is 5.26. The van der Waals surface area contributed by atoms with Crippen molar-refractivity contribution in [1.29, 1.82) is 0 Å². The van der Waals surface area contributed by atoms with Crippen LogP contribution < -0.4 is 20.1 Å². The molecular weight excluding hydrogens is 406 g/mol. The van der Waals surface area contributed by atoms with E-state index < -0.39 is 5.54 Å². The van der Waals surface area contributed by atoms with Crippen LogP contribution in [0.3, 0.4) is 0 Å². The average Bonchev–Trinajstić information content (AvgIpc) is 3.50. The Bertz CT molecular complexity index is 1080. The maximum Gasteiger partial charge on any atom is 0.254 e. The first-order chi connectivity index (χ1) is 15.7. The van der Waals surface area contributed by atoms with Gasteiger partial charge in [-0.05, 0) is 56.0 Å². The first kappa shape index (κ1) is 19.4. The van der Waals surface area contributed by atoms with Gasteiger partial charge in [0.25, 0.3) is 5.91 Å². The summed E-state index contributed by atoms with van der Waals surface area (Å²) in [6.07, 6.45) is 8.29. The highest BCUT2D eigenvalue weighted by Gasteiger charge is 2.45. The summed E-state index contributed by atoms with van der Waals surface area (Å²) in [5, 5.41) is 7.24. The van der Waals surface area contributed by atoms with Gasteiger partial charge in [-0.15, -0.1) is 0 Å². The number of piperidine rings is 1. The first-order valence-corrected chi connectivity index (χ1v) is 11.5. The molecule has 1 atom stereocenters. The van der Waals surface area contributed by atoms with E-state index in [1.807, 2.05) is 29.2 Å². The first-order valence-electron chi connectivity index (χ1n) is 11.5. The number of aliphatic imine (C=N–C) groups is 1. The standard InChI is InChI=1S/C24H27N5O3/c30-22(16-8-9-19-20(13-16)32-15-31-19)29-12-4-10-24(14-29)23(26-17-5-1-2-6-17)27-21-18(28-24)7-3-11-25-21/h3,7-9,11,13,17,28H,1-2,4-6,10,12,14-15H2,(H,25,26,27)/t24-/m0/s1. The van der Waals surface area contributed by atoms with Gasteiger partial charge in [-0.2, -0.15) is 0 Å². The second-order valence-electron chi connectivity index (χ2n) is 9.05. The number of ether oxygens (including phenoxy) is 2. The largest absolute Gasteiger partial charge is 0.454 e. The molecule has 8 nitrogen and oxygen atoms in total. The van der Waals surface area contributed by atoms with Crippen LogP contribution >= 0.6 is 0 Å². The minimum Gasteiger partial charge on any atom is -0.454 e. The van der Waals surface area contributed by atoms with E-state index in [9.17, 15) is 4.79 Å². The third kappa shape index (κ3) is 3.34. The Labute approximate surface area is 187 Å². The highest BCUT2D eigenvalue weighted by atomic mass is 16.7. The Morgan fingerprint density at radius 3 is 2.94 bits per heavy atom. The lowest BCUT2D eigenvalue weighted by atomic mass is 9.85. The molecule has 0 bridgehead atoms. The van der Waals surface area contributed by atoms with Crippen molar-refractivity contribution in [2.24, 2.45) is 4.99 Å². The number of hydrogen-bond donors (Lipinski definition) is 2. The topological polar surface area (TPSA) is 88.1 Å². The quantitative estimate of drug-likeness (QED) is 0.752. The molecule has 0 radical (unpaired) electrons. The second-order valence-corrected chi connectivity index (χ2v) is 9.05. The van der Waals surface area contributed by atoms with E-state index in [0.29, 0.717) is 36.2 Å². The van der Waals surface area contributed by atoms with Gasteiger partial charge in [0.2, 0.25) is 6.79 Å². The third-order valence-electron chi connectivity index (χ3n) is 6.91. The Morgan fingerprint density at radius 2 is 2.03 bits per heavy atom. The fourth-order valence-corrected chi connectivity index (χ4v) is 5.26. The van der Waals surface area contributed by atoms with Gasteiger partial charge in [-0.1, -0.05) is 12.8 Å². The number of carbonyl (C=O) groups excluding carboxylic acids is 1. The molecule has 1 saturated heterocycles. The normalized spacial score (nSPS) is 25.5. The van der Waals surface area contributed by atoms with Crippen LogP contribution in [0.25, 0.3) is 0 Å². The van der Waals surface area contributed by atoms with Crippen molar-refractivity contribution < 1.29 is 14.3 Å². The lowest BCUT2D eigenvalue weighted by molar-refractivity contribution is 0.0694. The SMILES string of the molecule is O=C(c1ccc2c(c1)OCO2)N1CCC[C@@]2(C1)Nc1cccnc1NC2=NC1CCCC1. The van der Waals surface area contributed by atoms with Crippen molar-refractivity contribution >= 4 is 23.2 Å². The molecule has 2 N–H and O–H groups in total.